The summed E-state index contributed by atoms with van der Waals surface area (Å²) in [6, 6.07) is 4.79. The van der Waals surface area contributed by atoms with Crippen LogP contribution in [0.4, 0.5) is 5.69 Å². The number of rotatable bonds is 3. The number of halogens is 1. The van der Waals surface area contributed by atoms with Crippen LogP contribution in [0.3, 0.4) is 0 Å². The van der Waals surface area contributed by atoms with E-state index in [1.54, 1.807) is 12.1 Å². The first-order valence-corrected chi connectivity index (χ1v) is 7.51. The molecule has 1 rings (SSSR count). The van der Waals surface area contributed by atoms with Gasteiger partial charge in [0.1, 0.15) is 0 Å². The number of carbonyl (C=O) groups excluding carboxylic acids is 1. The Morgan fingerprint density at radius 3 is 2.41 bits per heavy atom. The molecular weight excluding hydrogens is 357 g/mol. The maximum atomic E-state index is 11.4. The van der Waals surface area contributed by atoms with E-state index in [2.05, 4.69) is 4.74 Å². The first-order valence-electron chi connectivity index (χ1n) is 4.58. The van der Waals surface area contributed by atoms with Crippen molar-refractivity contribution in [2.45, 2.75) is 0 Å². The maximum Gasteiger partial charge on any atom is 0.337 e. The topological polar surface area (TPSA) is 63.7 Å². The van der Waals surface area contributed by atoms with Crippen LogP contribution in [-0.4, -0.2) is 34.8 Å². The highest BCUT2D eigenvalue weighted by molar-refractivity contribution is 14.1. The van der Waals surface area contributed by atoms with Crippen molar-refractivity contribution in [3.8, 4) is 0 Å². The molecule has 7 heteroatoms. The van der Waals surface area contributed by atoms with Crippen molar-refractivity contribution in [3.63, 3.8) is 0 Å². The van der Waals surface area contributed by atoms with Crippen LogP contribution < -0.4 is 4.31 Å². The Labute approximate surface area is 114 Å². The fourth-order valence-corrected chi connectivity index (χ4v) is 2.33. The average molecular weight is 369 g/mol. The van der Waals surface area contributed by atoms with Gasteiger partial charge in [-0.25, -0.2) is 13.2 Å². The van der Waals surface area contributed by atoms with Crippen LogP contribution in [0.25, 0.3) is 0 Å². The lowest BCUT2D eigenvalue weighted by Gasteiger charge is -2.17. The van der Waals surface area contributed by atoms with Crippen LogP contribution >= 0.6 is 22.6 Å². The number of methoxy groups -OCH3 is 1. The van der Waals surface area contributed by atoms with E-state index in [9.17, 15) is 13.2 Å². The molecule has 0 aromatic heterocycles. The zero-order valence-corrected chi connectivity index (χ0v) is 12.6. The second-order valence-corrected chi connectivity index (χ2v) is 6.68. The lowest BCUT2D eigenvalue weighted by molar-refractivity contribution is 0.0600. The maximum absolute atomic E-state index is 11.4. The van der Waals surface area contributed by atoms with Crippen molar-refractivity contribution >= 4 is 44.3 Å². The summed E-state index contributed by atoms with van der Waals surface area (Å²) < 4.78 is 29.3. The van der Waals surface area contributed by atoms with E-state index in [1.807, 2.05) is 22.6 Å². The van der Waals surface area contributed by atoms with Gasteiger partial charge in [0.05, 0.1) is 24.6 Å². The summed E-state index contributed by atoms with van der Waals surface area (Å²) >= 11 is 2.01. The Morgan fingerprint density at radius 2 is 1.94 bits per heavy atom. The third-order valence-corrected chi connectivity index (χ3v) is 3.99. The molecule has 1 aromatic rings. The van der Waals surface area contributed by atoms with E-state index < -0.39 is 16.0 Å². The molecule has 0 aliphatic rings. The fraction of sp³-hybridized carbons (Fsp3) is 0.300. The van der Waals surface area contributed by atoms with Gasteiger partial charge < -0.3 is 4.74 Å². The zero-order valence-electron chi connectivity index (χ0n) is 9.60. The number of sulfonamides is 1. The molecule has 0 unspecified atom stereocenters. The first kappa shape index (κ1) is 14.2. The number of hydrogen-bond donors (Lipinski definition) is 0. The molecular formula is C10H12INO4S. The normalized spacial score (nSPS) is 11.1. The number of anilines is 1. The van der Waals surface area contributed by atoms with Crippen molar-refractivity contribution in [2.24, 2.45) is 0 Å². The molecule has 0 atom stereocenters. The van der Waals surface area contributed by atoms with Gasteiger partial charge in [-0.15, -0.1) is 0 Å². The fourth-order valence-electron chi connectivity index (χ4n) is 1.18. The van der Waals surface area contributed by atoms with Gasteiger partial charge in [0.15, 0.2) is 0 Å². The summed E-state index contributed by atoms with van der Waals surface area (Å²) in [5.41, 5.74) is 0.754. The van der Waals surface area contributed by atoms with Gasteiger partial charge in [-0.2, -0.15) is 0 Å². The smallest absolute Gasteiger partial charge is 0.337 e. The Bertz CT molecular complexity index is 541. The number of esters is 1. The standard InChI is InChI=1S/C10H12INO4S/c1-12(17(3,14)15)9-5-7(10(13)16-2)4-8(11)6-9/h4-6H,1-3H3. The van der Waals surface area contributed by atoms with Crippen molar-refractivity contribution < 1.29 is 17.9 Å². The van der Waals surface area contributed by atoms with E-state index in [0.717, 1.165) is 14.1 Å². The molecule has 0 spiro atoms. The van der Waals surface area contributed by atoms with E-state index in [-0.39, 0.29) is 0 Å². The SMILES string of the molecule is COC(=O)c1cc(I)cc(N(C)S(C)(=O)=O)c1. The van der Waals surface area contributed by atoms with E-state index in [0.29, 0.717) is 11.3 Å². The third kappa shape index (κ3) is 3.56. The van der Waals surface area contributed by atoms with Crippen LogP contribution in [0.2, 0.25) is 0 Å². The number of carbonyl (C=O) groups is 1. The van der Waals surface area contributed by atoms with Gasteiger partial charge in [0, 0.05) is 10.6 Å². The summed E-state index contributed by atoms with van der Waals surface area (Å²) in [5, 5.41) is 0. The van der Waals surface area contributed by atoms with Gasteiger partial charge in [-0.05, 0) is 40.8 Å². The molecule has 0 heterocycles. The Balaban J connectivity index is 3.28. The molecule has 0 radical (unpaired) electrons. The highest BCUT2D eigenvalue weighted by Gasteiger charge is 2.15. The van der Waals surface area contributed by atoms with E-state index in [4.69, 9.17) is 0 Å². The van der Waals surface area contributed by atoms with Crippen molar-refractivity contribution in [1.82, 2.24) is 0 Å². The van der Waals surface area contributed by atoms with Gasteiger partial charge in [0.2, 0.25) is 10.0 Å². The van der Waals surface area contributed by atoms with Gasteiger partial charge in [-0.3, -0.25) is 4.31 Å². The highest BCUT2D eigenvalue weighted by Crippen LogP contribution is 2.21. The number of hydrogen-bond acceptors (Lipinski definition) is 4. The summed E-state index contributed by atoms with van der Waals surface area (Å²) in [7, 11) is -0.632. The molecule has 0 fully saturated rings. The largest absolute Gasteiger partial charge is 0.465 e. The molecule has 0 N–H and O–H groups in total. The first-order chi connectivity index (χ1) is 7.75. The molecule has 17 heavy (non-hydrogen) atoms. The Hall–Kier alpha value is -0.830. The van der Waals surface area contributed by atoms with Crippen molar-refractivity contribution in [2.75, 3.05) is 24.7 Å². The second kappa shape index (κ2) is 5.21. The molecule has 5 nitrogen and oxygen atoms in total. The van der Waals surface area contributed by atoms with E-state index >= 15 is 0 Å². The summed E-state index contributed by atoms with van der Waals surface area (Å²) in [4.78, 5) is 11.4. The summed E-state index contributed by atoms with van der Waals surface area (Å²) in [6.07, 6.45) is 1.10. The minimum atomic E-state index is -3.34. The Kier molecular flexibility index (Phi) is 4.36. The molecule has 0 amide bonds. The molecule has 0 saturated heterocycles. The zero-order chi connectivity index (χ0) is 13.2. The van der Waals surface area contributed by atoms with Gasteiger partial charge >= 0.3 is 5.97 Å². The quantitative estimate of drug-likeness (QED) is 0.598. The average Bonchev–Trinajstić information content (AvgIpc) is 2.24. The predicted octanol–water partition coefficient (Wildman–Crippen LogP) is 1.47. The van der Waals surface area contributed by atoms with Crippen molar-refractivity contribution in [1.29, 1.82) is 0 Å². The number of ether oxygens (including phenoxy) is 1. The van der Waals surface area contributed by atoms with Crippen molar-refractivity contribution in [3.05, 3.63) is 27.3 Å². The minimum absolute atomic E-state index is 0.324. The van der Waals surface area contributed by atoms with Gasteiger partial charge in [0.25, 0.3) is 0 Å². The summed E-state index contributed by atoms with van der Waals surface area (Å²) in [6.45, 7) is 0. The molecule has 0 bridgehead atoms. The second-order valence-electron chi connectivity index (χ2n) is 3.42. The number of nitrogens with zero attached hydrogens (tertiary/aromatic N) is 1. The third-order valence-electron chi connectivity index (χ3n) is 2.16. The summed E-state index contributed by atoms with van der Waals surface area (Å²) in [5.74, 6) is -0.494. The van der Waals surface area contributed by atoms with Crippen LogP contribution in [0, 0.1) is 3.57 Å². The Morgan fingerprint density at radius 1 is 1.35 bits per heavy atom. The lowest BCUT2D eigenvalue weighted by Crippen LogP contribution is -2.25. The lowest BCUT2D eigenvalue weighted by atomic mass is 10.2. The highest BCUT2D eigenvalue weighted by atomic mass is 127. The molecule has 1 aromatic carbocycles. The molecule has 0 aliphatic heterocycles. The van der Waals surface area contributed by atoms with Crippen LogP contribution in [-0.2, 0) is 14.8 Å². The number of benzene rings is 1. The molecule has 94 valence electrons. The predicted molar refractivity (Wildman–Crippen MR) is 73.7 cm³/mol. The van der Waals surface area contributed by atoms with E-state index in [1.165, 1.54) is 20.2 Å². The van der Waals surface area contributed by atoms with Gasteiger partial charge in [-0.1, -0.05) is 0 Å². The van der Waals surface area contributed by atoms with Crippen LogP contribution in [0.5, 0.6) is 0 Å². The molecule has 0 aliphatic carbocycles. The molecule has 0 saturated carbocycles. The monoisotopic (exact) mass is 369 g/mol. The minimum Gasteiger partial charge on any atom is -0.465 e. The van der Waals surface area contributed by atoms with Crippen LogP contribution in [0.15, 0.2) is 18.2 Å². The van der Waals surface area contributed by atoms with Crippen LogP contribution in [0.1, 0.15) is 10.4 Å².